The minimum atomic E-state index is 0.585. The second-order valence-corrected chi connectivity index (χ2v) is 4.79. The van der Waals surface area contributed by atoms with Crippen LogP contribution in [0.1, 0.15) is 21.5 Å². The molecule has 0 fully saturated rings. The van der Waals surface area contributed by atoms with Gasteiger partial charge in [-0.1, -0.05) is 30.3 Å². The first kappa shape index (κ1) is 11.9. The van der Waals surface area contributed by atoms with Crippen LogP contribution in [0.25, 0.3) is 11.1 Å². The standard InChI is InChI=1S/C16H16N2O/c17-16-12(10-19)8-14(11-4-2-1-3-5-11)13-6-7-18-9-15(13)16/h1-5,8,10,18H,6-7,9,17H2. The van der Waals surface area contributed by atoms with Crippen LogP contribution in [0.2, 0.25) is 0 Å². The SMILES string of the molecule is Nc1c(C=O)cc(-c2ccccc2)c2c1CNCC2. The quantitative estimate of drug-likeness (QED) is 0.637. The van der Waals surface area contributed by atoms with Crippen LogP contribution in [0.15, 0.2) is 36.4 Å². The van der Waals surface area contributed by atoms with Gasteiger partial charge in [0, 0.05) is 17.8 Å². The Bertz CT molecular complexity index is 620. The first-order chi connectivity index (χ1) is 9.31. The summed E-state index contributed by atoms with van der Waals surface area (Å²) >= 11 is 0. The number of anilines is 1. The molecule has 2 aromatic rings. The lowest BCUT2D eigenvalue weighted by atomic mass is 9.88. The van der Waals surface area contributed by atoms with E-state index < -0.39 is 0 Å². The summed E-state index contributed by atoms with van der Waals surface area (Å²) in [5.41, 5.74) is 11.9. The summed E-state index contributed by atoms with van der Waals surface area (Å²) in [5, 5.41) is 3.32. The van der Waals surface area contributed by atoms with E-state index in [0.717, 1.165) is 42.5 Å². The number of carbonyl (C=O) groups is 1. The Balaban J connectivity index is 2.27. The largest absolute Gasteiger partial charge is 0.398 e. The highest BCUT2D eigenvalue weighted by atomic mass is 16.1. The highest BCUT2D eigenvalue weighted by Gasteiger charge is 2.19. The third-order valence-electron chi connectivity index (χ3n) is 3.69. The molecular formula is C16H16N2O. The van der Waals surface area contributed by atoms with Gasteiger partial charge in [-0.2, -0.15) is 0 Å². The van der Waals surface area contributed by atoms with Crippen molar-refractivity contribution in [1.82, 2.24) is 5.32 Å². The van der Waals surface area contributed by atoms with Crippen molar-refractivity contribution >= 4 is 12.0 Å². The molecular weight excluding hydrogens is 236 g/mol. The maximum absolute atomic E-state index is 11.2. The molecule has 3 rings (SSSR count). The van der Waals surface area contributed by atoms with Gasteiger partial charge < -0.3 is 11.1 Å². The number of benzene rings is 2. The van der Waals surface area contributed by atoms with Crippen LogP contribution < -0.4 is 11.1 Å². The molecule has 0 saturated carbocycles. The Hall–Kier alpha value is -2.13. The Morgan fingerprint density at radius 1 is 1.16 bits per heavy atom. The molecule has 0 amide bonds. The van der Waals surface area contributed by atoms with Crippen molar-refractivity contribution in [3.63, 3.8) is 0 Å². The van der Waals surface area contributed by atoms with Crippen LogP contribution in [0, 0.1) is 0 Å². The summed E-state index contributed by atoms with van der Waals surface area (Å²) in [6.45, 7) is 1.69. The van der Waals surface area contributed by atoms with Crippen molar-refractivity contribution in [2.45, 2.75) is 13.0 Å². The predicted octanol–water partition coefficient (Wildman–Crippen LogP) is 2.39. The summed E-state index contributed by atoms with van der Waals surface area (Å²) < 4.78 is 0. The first-order valence-electron chi connectivity index (χ1n) is 6.47. The third kappa shape index (κ3) is 2.02. The molecule has 1 aliphatic heterocycles. The maximum atomic E-state index is 11.2. The number of carbonyl (C=O) groups excluding carboxylic acids is 1. The van der Waals surface area contributed by atoms with E-state index in [0.29, 0.717) is 11.3 Å². The van der Waals surface area contributed by atoms with Crippen LogP contribution in [-0.4, -0.2) is 12.8 Å². The van der Waals surface area contributed by atoms with Gasteiger partial charge in [-0.25, -0.2) is 0 Å². The van der Waals surface area contributed by atoms with E-state index in [1.165, 1.54) is 5.56 Å². The first-order valence-corrected chi connectivity index (χ1v) is 6.47. The molecule has 3 nitrogen and oxygen atoms in total. The second kappa shape index (κ2) is 4.86. The second-order valence-electron chi connectivity index (χ2n) is 4.79. The molecule has 0 aromatic heterocycles. The minimum absolute atomic E-state index is 0.585. The van der Waals surface area contributed by atoms with Crippen molar-refractivity contribution in [3.05, 3.63) is 53.1 Å². The van der Waals surface area contributed by atoms with Gasteiger partial charge in [-0.15, -0.1) is 0 Å². The number of nitrogens with one attached hydrogen (secondary N) is 1. The zero-order chi connectivity index (χ0) is 13.2. The van der Waals surface area contributed by atoms with E-state index in [1.54, 1.807) is 0 Å². The minimum Gasteiger partial charge on any atom is -0.398 e. The number of nitrogens with two attached hydrogens (primary N) is 1. The molecule has 0 bridgehead atoms. The fourth-order valence-electron chi connectivity index (χ4n) is 2.71. The Morgan fingerprint density at radius 2 is 1.95 bits per heavy atom. The number of hydrogen-bond donors (Lipinski definition) is 2. The summed E-state index contributed by atoms with van der Waals surface area (Å²) in [5.74, 6) is 0. The topological polar surface area (TPSA) is 55.1 Å². The molecule has 1 heterocycles. The van der Waals surface area contributed by atoms with Gasteiger partial charge in [-0.3, -0.25) is 4.79 Å². The van der Waals surface area contributed by atoms with Gasteiger partial charge in [0.1, 0.15) is 0 Å². The molecule has 2 aromatic carbocycles. The Labute approximate surface area is 112 Å². The molecule has 0 atom stereocenters. The molecule has 96 valence electrons. The molecule has 0 spiro atoms. The lowest BCUT2D eigenvalue weighted by Crippen LogP contribution is -2.25. The summed E-state index contributed by atoms with van der Waals surface area (Å²) in [6.07, 6.45) is 1.79. The highest BCUT2D eigenvalue weighted by molar-refractivity contribution is 5.89. The average molecular weight is 252 g/mol. The van der Waals surface area contributed by atoms with Gasteiger partial charge in [0.2, 0.25) is 0 Å². The van der Waals surface area contributed by atoms with Crippen LogP contribution >= 0.6 is 0 Å². The van der Waals surface area contributed by atoms with E-state index in [-0.39, 0.29) is 0 Å². The number of fused-ring (bicyclic) bond motifs is 1. The van der Waals surface area contributed by atoms with Crippen LogP contribution in [0.3, 0.4) is 0 Å². The van der Waals surface area contributed by atoms with E-state index in [1.807, 2.05) is 24.3 Å². The van der Waals surface area contributed by atoms with Crippen molar-refractivity contribution in [1.29, 1.82) is 0 Å². The summed E-state index contributed by atoms with van der Waals surface area (Å²) in [4.78, 5) is 11.2. The zero-order valence-corrected chi connectivity index (χ0v) is 10.6. The van der Waals surface area contributed by atoms with Crippen LogP contribution in [0.4, 0.5) is 5.69 Å². The smallest absolute Gasteiger partial charge is 0.152 e. The molecule has 1 aliphatic rings. The van der Waals surface area contributed by atoms with Crippen molar-refractivity contribution < 1.29 is 4.79 Å². The monoisotopic (exact) mass is 252 g/mol. The number of rotatable bonds is 2. The lowest BCUT2D eigenvalue weighted by molar-refractivity contribution is 0.112. The normalized spacial score (nSPS) is 13.9. The predicted molar refractivity (Wildman–Crippen MR) is 77.1 cm³/mol. The molecule has 3 N–H and O–H groups in total. The summed E-state index contributed by atoms with van der Waals surface area (Å²) in [6, 6.07) is 12.1. The van der Waals surface area contributed by atoms with Crippen LogP contribution in [-0.2, 0) is 13.0 Å². The third-order valence-corrected chi connectivity index (χ3v) is 3.69. The van der Waals surface area contributed by atoms with E-state index in [4.69, 9.17) is 5.73 Å². The fraction of sp³-hybridized carbons (Fsp3) is 0.188. The van der Waals surface area contributed by atoms with Gasteiger partial charge in [0.25, 0.3) is 0 Å². The number of hydrogen-bond acceptors (Lipinski definition) is 3. The van der Waals surface area contributed by atoms with Gasteiger partial charge in [0.15, 0.2) is 6.29 Å². The number of aldehydes is 1. The molecule has 0 unspecified atom stereocenters. The highest BCUT2D eigenvalue weighted by Crippen LogP contribution is 2.33. The van der Waals surface area contributed by atoms with Gasteiger partial charge >= 0.3 is 0 Å². The molecule has 3 heteroatoms. The molecule has 0 saturated heterocycles. The van der Waals surface area contributed by atoms with E-state index in [9.17, 15) is 4.79 Å². The van der Waals surface area contributed by atoms with E-state index in [2.05, 4.69) is 17.4 Å². The van der Waals surface area contributed by atoms with Crippen molar-refractivity contribution in [3.8, 4) is 11.1 Å². The Morgan fingerprint density at radius 3 is 2.68 bits per heavy atom. The number of nitrogen functional groups attached to an aromatic ring is 1. The van der Waals surface area contributed by atoms with Gasteiger partial charge in [0.05, 0.1) is 0 Å². The maximum Gasteiger partial charge on any atom is 0.152 e. The van der Waals surface area contributed by atoms with Crippen LogP contribution in [0.5, 0.6) is 0 Å². The van der Waals surface area contributed by atoms with E-state index >= 15 is 0 Å². The molecule has 0 radical (unpaired) electrons. The summed E-state index contributed by atoms with van der Waals surface area (Å²) in [7, 11) is 0. The zero-order valence-electron chi connectivity index (χ0n) is 10.6. The van der Waals surface area contributed by atoms with Crippen molar-refractivity contribution in [2.24, 2.45) is 0 Å². The molecule has 19 heavy (non-hydrogen) atoms. The average Bonchev–Trinajstić information content (AvgIpc) is 2.49. The fourth-order valence-corrected chi connectivity index (χ4v) is 2.71. The molecule has 0 aliphatic carbocycles. The Kier molecular flexibility index (Phi) is 3.05. The van der Waals surface area contributed by atoms with Crippen molar-refractivity contribution in [2.75, 3.05) is 12.3 Å². The van der Waals surface area contributed by atoms with Gasteiger partial charge in [-0.05, 0) is 41.3 Å². The lowest BCUT2D eigenvalue weighted by Gasteiger charge is -2.23.